The normalized spacial score (nSPS) is 12.7. The molecule has 4 N–H and O–H groups in total. The Kier molecular flexibility index (Phi) is 7.64. The van der Waals surface area contributed by atoms with E-state index >= 15 is 0 Å². The zero-order valence-electron chi connectivity index (χ0n) is 17.6. The van der Waals surface area contributed by atoms with E-state index in [0.717, 1.165) is 5.56 Å². The van der Waals surface area contributed by atoms with E-state index < -0.39 is 20.0 Å². The van der Waals surface area contributed by atoms with Crippen molar-refractivity contribution in [3.05, 3.63) is 54.1 Å². The molecule has 0 aliphatic rings. The van der Waals surface area contributed by atoms with Gasteiger partial charge in [-0.15, -0.1) is 0 Å². The Morgan fingerprint density at radius 2 is 1.00 bits per heavy atom. The van der Waals surface area contributed by atoms with Crippen molar-refractivity contribution in [2.45, 2.75) is 62.3 Å². The van der Waals surface area contributed by atoms with Gasteiger partial charge in [0.2, 0.25) is 20.0 Å². The summed E-state index contributed by atoms with van der Waals surface area (Å²) in [4.78, 5) is 0.245. The van der Waals surface area contributed by atoms with Gasteiger partial charge in [0.15, 0.2) is 0 Å². The number of hydrogen-bond donors (Lipinski definition) is 2. The van der Waals surface area contributed by atoms with Crippen LogP contribution in [0.15, 0.2) is 58.3 Å². The molecular weight excluding hydrogens is 412 g/mol. The van der Waals surface area contributed by atoms with E-state index in [1.165, 1.54) is 24.3 Å². The summed E-state index contributed by atoms with van der Waals surface area (Å²) >= 11 is 0. The van der Waals surface area contributed by atoms with Gasteiger partial charge >= 0.3 is 0 Å². The molecule has 0 atom stereocenters. The number of nitrogens with two attached hydrogens (primary N) is 2. The van der Waals surface area contributed by atoms with Gasteiger partial charge in [-0.2, -0.15) is 0 Å². The lowest BCUT2D eigenvalue weighted by molar-refractivity contribution is 0.131. The van der Waals surface area contributed by atoms with Crippen LogP contribution in [0.4, 0.5) is 0 Å². The van der Waals surface area contributed by atoms with Crippen LogP contribution in [0.25, 0.3) is 0 Å². The first-order valence-electron chi connectivity index (χ1n) is 8.85. The fraction of sp³-hybridized carbons (Fsp3) is 0.400. The second-order valence-electron chi connectivity index (χ2n) is 8.55. The molecule has 0 aromatic heterocycles. The van der Waals surface area contributed by atoms with Crippen molar-refractivity contribution < 1.29 is 21.6 Å². The second-order valence-corrected chi connectivity index (χ2v) is 11.7. The van der Waals surface area contributed by atoms with Crippen LogP contribution < -0.4 is 15.0 Å². The van der Waals surface area contributed by atoms with Gasteiger partial charge in [-0.05, 0) is 68.1 Å². The van der Waals surface area contributed by atoms with Gasteiger partial charge in [0, 0.05) is 0 Å². The summed E-state index contributed by atoms with van der Waals surface area (Å²) in [6.07, 6.45) is 0. The van der Waals surface area contributed by atoms with Crippen molar-refractivity contribution in [2.24, 2.45) is 10.3 Å². The molecule has 0 fully saturated rings. The summed E-state index contributed by atoms with van der Waals surface area (Å²) in [5, 5.41) is 9.95. The van der Waals surface area contributed by atoms with Gasteiger partial charge in [0.25, 0.3) is 0 Å². The number of ether oxygens (including phenoxy) is 1. The van der Waals surface area contributed by atoms with Crippen molar-refractivity contribution in [3.8, 4) is 5.75 Å². The molecule has 0 saturated carbocycles. The van der Waals surface area contributed by atoms with Crippen LogP contribution in [0, 0.1) is 0 Å². The maximum absolute atomic E-state index is 11.0. The average molecular weight is 443 g/mol. The quantitative estimate of drug-likeness (QED) is 0.754. The van der Waals surface area contributed by atoms with E-state index in [0.29, 0.717) is 5.75 Å². The van der Waals surface area contributed by atoms with E-state index in [2.05, 4.69) is 20.8 Å². The molecule has 0 bridgehead atoms. The van der Waals surface area contributed by atoms with Crippen LogP contribution in [-0.2, 0) is 25.5 Å². The highest BCUT2D eigenvalue weighted by atomic mass is 32.2. The zero-order chi connectivity index (χ0) is 22.7. The minimum Gasteiger partial charge on any atom is -0.488 e. The fourth-order valence-electron chi connectivity index (χ4n) is 2.20. The van der Waals surface area contributed by atoms with Crippen LogP contribution in [-0.4, -0.2) is 22.4 Å². The Morgan fingerprint density at radius 1 is 0.655 bits per heavy atom. The van der Waals surface area contributed by atoms with Crippen molar-refractivity contribution in [3.63, 3.8) is 0 Å². The summed E-state index contributed by atoms with van der Waals surface area (Å²) in [5.41, 5.74) is 0.810. The third-order valence-electron chi connectivity index (χ3n) is 3.63. The molecule has 162 valence electrons. The molecule has 29 heavy (non-hydrogen) atoms. The summed E-state index contributed by atoms with van der Waals surface area (Å²) in [6.45, 7) is 12.0. The summed E-state index contributed by atoms with van der Waals surface area (Å²) in [5.74, 6) is 0.620. The summed E-state index contributed by atoms with van der Waals surface area (Å²) in [7, 11) is -7.18. The predicted octanol–water partition coefficient (Wildman–Crippen LogP) is 3.14. The molecule has 0 saturated heterocycles. The van der Waals surface area contributed by atoms with Crippen molar-refractivity contribution >= 4 is 20.0 Å². The molecule has 0 aliphatic carbocycles. The molecular formula is C20H30N2O5S2. The minimum absolute atomic E-state index is 0.0247. The summed E-state index contributed by atoms with van der Waals surface area (Å²) in [6, 6.07) is 12.7. The lowest BCUT2D eigenvalue weighted by Crippen LogP contribution is -2.23. The first-order chi connectivity index (χ1) is 12.9. The number of primary sulfonamides is 2. The number of rotatable bonds is 3. The van der Waals surface area contributed by atoms with Gasteiger partial charge in [-0.25, -0.2) is 27.1 Å². The average Bonchev–Trinajstić information content (AvgIpc) is 2.52. The Morgan fingerprint density at radius 3 is 1.28 bits per heavy atom. The Hall–Kier alpha value is -1.94. The Bertz CT molecular complexity index is 1010. The smallest absolute Gasteiger partial charge is 0.238 e. The standard InChI is InChI=1S/C10H15NO3S.C10H15NO2S/c1-10(2,3)14-8-4-6-9(7-5-8)15(11,12)13;1-10(2,3)8-4-6-9(7-5-8)14(11,12)13/h4-7H,1-3H3,(H2,11,12,13);4-7H,1-3H3,(H2,11,12,13). The summed E-state index contributed by atoms with van der Waals surface area (Å²) < 4.78 is 49.4. The van der Waals surface area contributed by atoms with E-state index in [1.54, 1.807) is 24.3 Å². The van der Waals surface area contributed by atoms with E-state index in [4.69, 9.17) is 15.0 Å². The number of hydrogen-bond acceptors (Lipinski definition) is 5. The van der Waals surface area contributed by atoms with Crippen LogP contribution in [0.2, 0.25) is 0 Å². The van der Waals surface area contributed by atoms with Crippen LogP contribution in [0.3, 0.4) is 0 Å². The first-order valence-corrected chi connectivity index (χ1v) is 11.9. The molecule has 0 radical (unpaired) electrons. The maximum Gasteiger partial charge on any atom is 0.238 e. The SMILES string of the molecule is CC(C)(C)Oc1ccc(S(N)(=O)=O)cc1.CC(C)(C)c1ccc(S(N)(=O)=O)cc1. The van der Waals surface area contributed by atoms with Gasteiger partial charge in [-0.1, -0.05) is 32.9 Å². The molecule has 2 aromatic rings. The molecule has 2 rings (SSSR count). The first kappa shape index (κ1) is 25.1. The van der Waals surface area contributed by atoms with Crippen molar-refractivity contribution in [2.75, 3.05) is 0 Å². The molecule has 9 heteroatoms. The lowest BCUT2D eigenvalue weighted by atomic mass is 9.87. The fourth-order valence-corrected chi connectivity index (χ4v) is 3.23. The van der Waals surface area contributed by atoms with Crippen LogP contribution in [0.1, 0.15) is 47.1 Å². The zero-order valence-corrected chi connectivity index (χ0v) is 19.3. The molecule has 0 unspecified atom stereocenters. The molecule has 7 nitrogen and oxygen atoms in total. The number of sulfonamides is 2. The topological polar surface area (TPSA) is 130 Å². The lowest BCUT2D eigenvalue weighted by Gasteiger charge is -2.21. The van der Waals surface area contributed by atoms with Crippen LogP contribution in [0.5, 0.6) is 5.75 Å². The Balaban J connectivity index is 0.000000291. The predicted molar refractivity (Wildman–Crippen MR) is 115 cm³/mol. The highest BCUT2D eigenvalue weighted by Crippen LogP contribution is 2.23. The molecule has 2 aromatic carbocycles. The van der Waals surface area contributed by atoms with Gasteiger partial charge < -0.3 is 4.74 Å². The highest BCUT2D eigenvalue weighted by Gasteiger charge is 2.15. The number of benzene rings is 2. The van der Waals surface area contributed by atoms with E-state index in [1.807, 2.05) is 20.8 Å². The van der Waals surface area contributed by atoms with Crippen LogP contribution >= 0.6 is 0 Å². The van der Waals surface area contributed by atoms with Gasteiger partial charge in [-0.3, -0.25) is 0 Å². The monoisotopic (exact) mass is 442 g/mol. The van der Waals surface area contributed by atoms with Crippen molar-refractivity contribution in [1.29, 1.82) is 0 Å². The third kappa shape index (κ3) is 8.95. The minimum atomic E-state index is -3.62. The maximum atomic E-state index is 11.0. The van der Waals surface area contributed by atoms with Crippen molar-refractivity contribution in [1.82, 2.24) is 0 Å². The van der Waals surface area contributed by atoms with Gasteiger partial charge in [0.1, 0.15) is 11.4 Å². The molecule has 0 amide bonds. The highest BCUT2D eigenvalue weighted by molar-refractivity contribution is 7.89. The second kappa shape index (κ2) is 8.83. The molecule has 0 heterocycles. The van der Waals surface area contributed by atoms with E-state index in [9.17, 15) is 16.8 Å². The molecule has 0 spiro atoms. The third-order valence-corrected chi connectivity index (χ3v) is 5.48. The molecule has 0 aliphatic heterocycles. The largest absolute Gasteiger partial charge is 0.488 e. The Labute approximate surface area is 174 Å². The van der Waals surface area contributed by atoms with E-state index in [-0.39, 0.29) is 20.8 Å². The van der Waals surface area contributed by atoms with Gasteiger partial charge in [0.05, 0.1) is 9.79 Å².